The molecule has 0 aliphatic heterocycles. The van der Waals surface area contributed by atoms with Crippen molar-refractivity contribution < 1.29 is 47.8 Å². The van der Waals surface area contributed by atoms with Crippen LogP contribution in [0.3, 0.4) is 0 Å². The normalized spacial score (nSPS) is 14.8. The monoisotopic (exact) mass is 752 g/mol. The van der Waals surface area contributed by atoms with Crippen molar-refractivity contribution in [2.24, 2.45) is 0 Å². The number of esters is 2. The molecular weight excluding hydrogens is 683 g/mol. The van der Waals surface area contributed by atoms with Crippen molar-refractivity contribution >= 4 is 19.8 Å². The summed E-state index contributed by atoms with van der Waals surface area (Å²) in [5.74, 6) is -1.10. The molecule has 3 atom stereocenters. The lowest BCUT2D eigenvalue weighted by Crippen LogP contribution is -2.28. The molecule has 0 heterocycles. The molecule has 0 aromatic heterocycles. The van der Waals surface area contributed by atoms with Crippen molar-refractivity contribution in [3.05, 3.63) is 72.9 Å². The quantitative estimate of drug-likeness (QED) is 0.0247. The number of phosphoric acid groups is 1. The largest absolute Gasteiger partial charge is 0.472 e. The van der Waals surface area contributed by atoms with E-state index in [0.717, 1.165) is 70.6 Å². The molecule has 0 amide bonds. The maximum absolute atomic E-state index is 12.3. The van der Waals surface area contributed by atoms with Crippen molar-refractivity contribution in [3.63, 3.8) is 0 Å². The number of unbranched alkanes of at least 4 members (excludes halogenated alkanes) is 9. The first-order chi connectivity index (χ1) is 25.3. The molecule has 0 rings (SSSR count). The van der Waals surface area contributed by atoms with Gasteiger partial charge in [0.15, 0.2) is 0 Å². The van der Waals surface area contributed by atoms with E-state index in [9.17, 15) is 29.3 Å². The van der Waals surface area contributed by atoms with E-state index in [2.05, 4.69) is 74.6 Å². The molecule has 10 nitrogen and oxygen atoms in total. The van der Waals surface area contributed by atoms with Gasteiger partial charge in [0.2, 0.25) is 0 Å². The van der Waals surface area contributed by atoms with Crippen LogP contribution in [0.2, 0.25) is 0 Å². The Morgan fingerprint density at radius 2 is 0.923 bits per heavy atom. The molecule has 52 heavy (non-hydrogen) atoms. The first-order valence-corrected chi connectivity index (χ1v) is 20.9. The molecule has 0 saturated carbocycles. The number of ether oxygens (including phenoxy) is 2. The van der Waals surface area contributed by atoms with Crippen molar-refractivity contribution in [1.29, 1.82) is 0 Å². The van der Waals surface area contributed by atoms with Crippen LogP contribution in [-0.2, 0) is 32.7 Å². The topological polar surface area (TPSA) is 149 Å². The zero-order valence-electron chi connectivity index (χ0n) is 32.0. The number of hydrogen-bond donors (Lipinski definition) is 3. The molecule has 0 aromatic carbocycles. The summed E-state index contributed by atoms with van der Waals surface area (Å²) in [5.41, 5.74) is 0. The Labute approximate surface area is 314 Å². The molecule has 0 bridgehead atoms. The molecule has 3 unspecified atom stereocenters. The van der Waals surface area contributed by atoms with Gasteiger partial charge in [0.1, 0.15) is 12.2 Å². The third kappa shape index (κ3) is 34.5. The predicted molar refractivity (Wildman–Crippen MR) is 210 cm³/mol. The van der Waals surface area contributed by atoms with Gasteiger partial charge in [-0.05, 0) is 77.0 Å². The van der Waals surface area contributed by atoms with Gasteiger partial charge in [-0.25, -0.2) is 4.57 Å². The number of hydrogen-bond acceptors (Lipinski definition) is 9. The molecule has 298 valence electrons. The third-order valence-electron chi connectivity index (χ3n) is 7.65. The number of carbonyl (C=O) groups excluding carboxylic acids is 2. The highest BCUT2D eigenvalue weighted by Gasteiger charge is 2.27. The number of aliphatic hydroxyl groups is 2. The lowest BCUT2D eigenvalue weighted by Gasteiger charge is -2.20. The Bertz CT molecular complexity index is 1100. The van der Waals surface area contributed by atoms with Crippen LogP contribution in [0.5, 0.6) is 0 Å². The summed E-state index contributed by atoms with van der Waals surface area (Å²) < 4.78 is 32.4. The van der Waals surface area contributed by atoms with Crippen molar-refractivity contribution in [1.82, 2.24) is 0 Å². The van der Waals surface area contributed by atoms with E-state index < -0.39 is 58.4 Å². The van der Waals surface area contributed by atoms with Gasteiger partial charge >= 0.3 is 19.8 Å². The molecule has 0 saturated heterocycles. The molecule has 0 aliphatic rings. The van der Waals surface area contributed by atoms with Gasteiger partial charge in [-0.2, -0.15) is 0 Å². The summed E-state index contributed by atoms with van der Waals surface area (Å²) in [4.78, 5) is 34.3. The van der Waals surface area contributed by atoms with E-state index in [1.807, 2.05) is 12.2 Å². The average molecular weight is 753 g/mol. The van der Waals surface area contributed by atoms with Crippen LogP contribution in [0.25, 0.3) is 0 Å². The van der Waals surface area contributed by atoms with Gasteiger partial charge < -0.3 is 24.6 Å². The van der Waals surface area contributed by atoms with Crippen LogP contribution in [0.4, 0.5) is 0 Å². The smallest absolute Gasteiger partial charge is 0.457 e. The van der Waals surface area contributed by atoms with Gasteiger partial charge in [-0.1, -0.05) is 119 Å². The maximum atomic E-state index is 12.3. The van der Waals surface area contributed by atoms with Crippen LogP contribution in [0, 0.1) is 0 Å². The van der Waals surface area contributed by atoms with Crippen LogP contribution in [0.15, 0.2) is 72.9 Å². The minimum Gasteiger partial charge on any atom is -0.457 e. The fraction of sp³-hybridized carbons (Fsp3) is 0.659. The van der Waals surface area contributed by atoms with Gasteiger partial charge in [0.25, 0.3) is 0 Å². The second-order valence-electron chi connectivity index (χ2n) is 12.5. The Balaban J connectivity index is 4.09. The molecule has 0 fully saturated rings. The lowest BCUT2D eigenvalue weighted by molar-refractivity contribution is -0.153. The van der Waals surface area contributed by atoms with Crippen LogP contribution in [0.1, 0.15) is 136 Å². The molecule has 0 spiro atoms. The second kappa shape index (κ2) is 36.8. The van der Waals surface area contributed by atoms with Gasteiger partial charge in [0, 0.05) is 12.8 Å². The summed E-state index contributed by atoms with van der Waals surface area (Å²) in [6, 6.07) is 0. The highest BCUT2D eigenvalue weighted by Crippen LogP contribution is 2.43. The minimum absolute atomic E-state index is 0.110. The maximum Gasteiger partial charge on any atom is 0.472 e. The number of carbonyl (C=O) groups is 2. The van der Waals surface area contributed by atoms with E-state index in [1.165, 1.54) is 19.3 Å². The first kappa shape index (κ1) is 49.4. The molecular formula is C41H69O10P. The summed E-state index contributed by atoms with van der Waals surface area (Å²) >= 11 is 0. The van der Waals surface area contributed by atoms with Crippen molar-refractivity contribution in [3.8, 4) is 0 Å². The van der Waals surface area contributed by atoms with Crippen molar-refractivity contribution in [2.75, 3.05) is 26.4 Å². The summed E-state index contributed by atoms with van der Waals surface area (Å²) in [6.07, 6.45) is 40.3. The number of aliphatic hydroxyl groups excluding tert-OH is 2. The zero-order chi connectivity index (χ0) is 38.4. The summed E-state index contributed by atoms with van der Waals surface area (Å²) in [6.45, 7) is 1.96. The van der Waals surface area contributed by atoms with E-state index in [-0.39, 0.29) is 12.8 Å². The Morgan fingerprint density at radius 3 is 1.40 bits per heavy atom. The van der Waals surface area contributed by atoms with Gasteiger partial charge in [-0.3, -0.25) is 18.6 Å². The minimum atomic E-state index is -4.65. The van der Waals surface area contributed by atoms with Crippen LogP contribution < -0.4 is 0 Å². The SMILES string of the molecule is CC/C=C\C/C=C\C/C=C\C/C=C\C/C=C\CCCC(=O)OC(CO)COP(=O)(O)OCC(CO)OC(=O)CCCCCCC/C=C\CCCCC. The highest BCUT2D eigenvalue weighted by molar-refractivity contribution is 7.47. The Kier molecular flexibility index (Phi) is 34.9. The lowest BCUT2D eigenvalue weighted by atomic mass is 10.1. The van der Waals surface area contributed by atoms with Gasteiger partial charge in [0.05, 0.1) is 26.4 Å². The number of rotatable bonds is 35. The molecule has 0 aromatic rings. The van der Waals surface area contributed by atoms with E-state index in [0.29, 0.717) is 19.3 Å². The Hall–Kier alpha value is -2.59. The Morgan fingerprint density at radius 1 is 0.538 bits per heavy atom. The average Bonchev–Trinajstić information content (AvgIpc) is 3.13. The summed E-state index contributed by atoms with van der Waals surface area (Å²) in [7, 11) is -4.65. The standard InChI is InChI=1S/C41H69O10P/c1-3-5-7-9-11-13-15-17-18-19-20-21-23-25-27-29-31-33-41(45)51-39(35-43)37-49-52(46,47)48-36-38(34-42)50-40(44)32-30-28-26-24-22-16-14-12-10-8-6-4-2/h5,7,11-14,17-18,20-21,25,27,38-39,42-43H,3-4,6,8-10,15-16,19,22-24,26,28-37H2,1-2H3,(H,46,47)/b7-5-,13-11-,14-12-,18-17-,21-20-,27-25-. The molecule has 3 N–H and O–H groups in total. The highest BCUT2D eigenvalue weighted by atomic mass is 31.2. The van der Waals surface area contributed by atoms with Crippen LogP contribution in [-0.4, -0.2) is 65.7 Å². The fourth-order valence-corrected chi connectivity index (χ4v) is 5.46. The third-order valence-corrected chi connectivity index (χ3v) is 8.60. The molecule has 0 aliphatic carbocycles. The van der Waals surface area contributed by atoms with Gasteiger partial charge in [-0.15, -0.1) is 0 Å². The molecule has 11 heteroatoms. The second-order valence-corrected chi connectivity index (χ2v) is 14.0. The molecule has 0 radical (unpaired) electrons. The van der Waals surface area contributed by atoms with E-state index in [4.69, 9.17) is 18.5 Å². The van der Waals surface area contributed by atoms with E-state index in [1.54, 1.807) is 0 Å². The summed E-state index contributed by atoms with van der Waals surface area (Å²) in [5, 5.41) is 19.1. The first-order valence-electron chi connectivity index (χ1n) is 19.4. The number of allylic oxidation sites excluding steroid dienone is 12. The predicted octanol–water partition coefficient (Wildman–Crippen LogP) is 9.72. The van der Waals surface area contributed by atoms with Crippen LogP contribution >= 0.6 is 7.82 Å². The van der Waals surface area contributed by atoms with E-state index >= 15 is 0 Å². The fourth-order valence-electron chi connectivity index (χ4n) is 4.67. The van der Waals surface area contributed by atoms with Crippen molar-refractivity contribution in [2.45, 2.75) is 148 Å². The zero-order valence-corrected chi connectivity index (χ0v) is 32.9. The number of phosphoric ester groups is 1.